The molecule has 10 heteroatoms. The third kappa shape index (κ3) is 5.27. The van der Waals surface area contributed by atoms with E-state index >= 15 is 0 Å². The molecule has 0 aliphatic carbocycles. The van der Waals surface area contributed by atoms with Crippen LogP contribution in [0.2, 0.25) is 0 Å². The molecule has 10 nitrogen and oxygen atoms in total. The van der Waals surface area contributed by atoms with Crippen LogP contribution in [0.25, 0.3) is 0 Å². The van der Waals surface area contributed by atoms with Gasteiger partial charge in [0, 0.05) is 48.6 Å². The number of anilines is 4. The van der Waals surface area contributed by atoms with Crippen molar-refractivity contribution >= 4 is 34.6 Å². The molecule has 0 spiro atoms. The maximum absolute atomic E-state index is 14.3. The quantitative estimate of drug-likeness (QED) is 0.191. The van der Waals surface area contributed by atoms with E-state index in [1.807, 2.05) is 79.7 Å². The molecular weight excluding hydrogens is 594 g/mol. The van der Waals surface area contributed by atoms with Crippen molar-refractivity contribution in [3.05, 3.63) is 132 Å². The third-order valence-corrected chi connectivity index (χ3v) is 8.64. The highest BCUT2D eigenvalue weighted by atomic mass is 16.5. The Kier molecular flexibility index (Phi) is 7.88. The van der Waals surface area contributed by atoms with E-state index in [-0.39, 0.29) is 12.5 Å². The number of carbonyl (C=O) groups is 2. The molecule has 236 valence electrons. The van der Waals surface area contributed by atoms with E-state index in [1.54, 1.807) is 52.2 Å². The van der Waals surface area contributed by atoms with Crippen LogP contribution in [0.3, 0.4) is 0 Å². The topological polar surface area (TPSA) is 121 Å². The molecule has 0 saturated carbocycles. The summed E-state index contributed by atoms with van der Waals surface area (Å²) < 4.78 is 7.88. The Hall–Kier alpha value is -5.58. The molecule has 1 aromatic heterocycles. The van der Waals surface area contributed by atoms with Crippen molar-refractivity contribution in [1.82, 2.24) is 15.0 Å². The number of allylic oxidation sites excluding steroid dienone is 1. The molecule has 2 N–H and O–H groups in total. The SMILES string of the molecule is C[C@@H](/C=C/CCn1cc(CCO)nn1)[C@]1(O)C(=O)N(c2ccccc2)c2ccc(N3C(=O)c4ccccc4Oc4ccccc43)cc21. The average Bonchev–Trinajstić information content (AvgIpc) is 3.60. The first kappa shape index (κ1) is 30.1. The molecule has 2 aliphatic rings. The van der Waals surface area contributed by atoms with E-state index in [0.717, 1.165) is 0 Å². The van der Waals surface area contributed by atoms with Crippen LogP contribution >= 0.6 is 0 Å². The lowest BCUT2D eigenvalue weighted by molar-refractivity contribution is -0.138. The molecule has 2 aliphatic heterocycles. The lowest BCUT2D eigenvalue weighted by Gasteiger charge is -2.28. The van der Waals surface area contributed by atoms with Crippen LogP contribution in [0.1, 0.15) is 35.0 Å². The first-order valence-corrected chi connectivity index (χ1v) is 15.5. The predicted molar refractivity (Wildman–Crippen MR) is 177 cm³/mol. The molecule has 0 saturated heterocycles. The zero-order valence-corrected chi connectivity index (χ0v) is 25.7. The number of rotatable bonds is 9. The Bertz CT molecular complexity index is 1990. The van der Waals surface area contributed by atoms with Gasteiger partial charge in [-0.1, -0.05) is 66.8 Å². The fourth-order valence-electron chi connectivity index (χ4n) is 6.22. The van der Waals surface area contributed by atoms with Gasteiger partial charge in [-0.25, -0.2) is 0 Å². The lowest BCUT2D eigenvalue weighted by atomic mass is 9.82. The number of hydrogen-bond acceptors (Lipinski definition) is 7. The largest absolute Gasteiger partial charge is 0.454 e. The molecule has 47 heavy (non-hydrogen) atoms. The molecule has 2 atom stereocenters. The summed E-state index contributed by atoms with van der Waals surface area (Å²) in [7, 11) is 0. The van der Waals surface area contributed by atoms with Crippen LogP contribution in [0.15, 0.2) is 115 Å². The summed E-state index contributed by atoms with van der Waals surface area (Å²) in [6.45, 7) is 2.36. The van der Waals surface area contributed by atoms with Crippen LogP contribution < -0.4 is 14.5 Å². The number of aryl methyl sites for hydroxylation is 1. The van der Waals surface area contributed by atoms with Gasteiger partial charge in [-0.3, -0.25) is 24.1 Å². The molecule has 2 amide bonds. The van der Waals surface area contributed by atoms with Gasteiger partial charge < -0.3 is 14.9 Å². The van der Waals surface area contributed by atoms with Crippen molar-refractivity contribution in [2.75, 3.05) is 16.4 Å². The fraction of sp³-hybridized carbons (Fsp3) is 0.189. The molecule has 5 aromatic rings. The lowest BCUT2D eigenvalue weighted by Crippen LogP contribution is -2.42. The zero-order chi connectivity index (χ0) is 32.5. The Labute approximate surface area is 271 Å². The Morgan fingerprint density at radius 1 is 0.872 bits per heavy atom. The van der Waals surface area contributed by atoms with Crippen molar-refractivity contribution in [3.8, 4) is 11.5 Å². The normalized spacial score (nSPS) is 17.7. The van der Waals surface area contributed by atoms with Gasteiger partial charge in [-0.05, 0) is 61.0 Å². The van der Waals surface area contributed by atoms with Crippen LogP contribution in [-0.4, -0.2) is 43.6 Å². The third-order valence-electron chi connectivity index (χ3n) is 8.64. The smallest absolute Gasteiger partial charge is 0.268 e. The summed E-state index contributed by atoms with van der Waals surface area (Å²) in [5, 5.41) is 29.8. The van der Waals surface area contributed by atoms with E-state index in [1.165, 1.54) is 4.90 Å². The molecule has 7 rings (SSSR count). The van der Waals surface area contributed by atoms with Crippen molar-refractivity contribution in [1.29, 1.82) is 0 Å². The summed E-state index contributed by atoms with van der Waals surface area (Å²) in [6, 6.07) is 28.9. The molecule has 3 heterocycles. The molecule has 0 radical (unpaired) electrons. The number of amides is 2. The van der Waals surface area contributed by atoms with E-state index in [2.05, 4.69) is 10.3 Å². The Morgan fingerprint density at radius 3 is 2.43 bits per heavy atom. The monoisotopic (exact) mass is 627 g/mol. The molecular formula is C37H33N5O5. The standard InChI is InChI=1S/C37H33N5O5/c1-25(11-9-10-21-40-24-26(20-22-43)38-39-40)37(46)30-23-28(18-19-31(30)42(36(37)45)27-12-3-2-4-13-27)41-32-15-6-8-17-34(32)47-33-16-7-5-14-29(33)35(41)44/h2-9,11-19,23-25,43,46H,10,20-22H2,1H3/b11-9+/t25-,37+/m0/s1. The van der Waals surface area contributed by atoms with Gasteiger partial charge in [0.25, 0.3) is 11.8 Å². The maximum Gasteiger partial charge on any atom is 0.268 e. The van der Waals surface area contributed by atoms with E-state index in [0.29, 0.717) is 70.5 Å². The maximum atomic E-state index is 14.3. The predicted octanol–water partition coefficient (Wildman–Crippen LogP) is 6.05. The van der Waals surface area contributed by atoms with Crippen molar-refractivity contribution in [3.63, 3.8) is 0 Å². The van der Waals surface area contributed by atoms with Gasteiger partial charge >= 0.3 is 0 Å². The molecule has 0 bridgehead atoms. The van der Waals surface area contributed by atoms with E-state index in [9.17, 15) is 14.7 Å². The summed E-state index contributed by atoms with van der Waals surface area (Å²) in [5.74, 6) is -0.439. The van der Waals surface area contributed by atoms with Crippen molar-refractivity contribution < 1.29 is 24.5 Å². The summed E-state index contributed by atoms with van der Waals surface area (Å²) >= 11 is 0. The number of aliphatic hydroxyl groups excluding tert-OH is 1. The van der Waals surface area contributed by atoms with Crippen molar-refractivity contribution in [2.45, 2.75) is 31.9 Å². The Morgan fingerprint density at radius 2 is 1.62 bits per heavy atom. The first-order chi connectivity index (χ1) is 22.9. The number of aliphatic hydroxyl groups is 2. The minimum Gasteiger partial charge on any atom is -0.454 e. The van der Waals surface area contributed by atoms with Gasteiger partial charge in [0.2, 0.25) is 0 Å². The number of fused-ring (bicyclic) bond motifs is 3. The number of aromatic nitrogens is 3. The number of ether oxygens (including phenoxy) is 1. The van der Waals surface area contributed by atoms with Gasteiger partial charge in [0.1, 0.15) is 5.75 Å². The van der Waals surface area contributed by atoms with Gasteiger partial charge in [-0.2, -0.15) is 0 Å². The minimum absolute atomic E-state index is 0.00537. The van der Waals surface area contributed by atoms with Gasteiger partial charge in [0.15, 0.2) is 11.4 Å². The molecule has 0 unspecified atom stereocenters. The summed E-state index contributed by atoms with van der Waals surface area (Å²) in [5.41, 5.74) is 1.78. The van der Waals surface area contributed by atoms with E-state index < -0.39 is 17.4 Å². The summed E-state index contributed by atoms with van der Waals surface area (Å²) in [4.78, 5) is 31.6. The molecule has 0 fully saturated rings. The number of carbonyl (C=O) groups excluding carboxylic acids is 2. The number of para-hydroxylation sites is 4. The Balaban J connectivity index is 1.28. The van der Waals surface area contributed by atoms with Gasteiger partial charge in [0.05, 0.1) is 22.6 Å². The highest BCUT2D eigenvalue weighted by Crippen LogP contribution is 2.51. The number of benzene rings is 4. The first-order valence-electron chi connectivity index (χ1n) is 15.5. The highest BCUT2D eigenvalue weighted by molar-refractivity contribution is 6.16. The van der Waals surface area contributed by atoms with Crippen LogP contribution in [0, 0.1) is 5.92 Å². The highest BCUT2D eigenvalue weighted by Gasteiger charge is 2.53. The summed E-state index contributed by atoms with van der Waals surface area (Å²) in [6.07, 6.45) is 6.58. The minimum atomic E-state index is -1.93. The van der Waals surface area contributed by atoms with Crippen LogP contribution in [0.5, 0.6) is 11.5 Å². The second-order valence-corrected chi connectivity index (χ2v) is 11.6. The second-order valence-electron chi connectivity index (χ2n) is 11.6. The fourth-order valence-corrected chi connectivity index (χ4v) is 6.22. The van der Waals surface area contributed by atoms with Crippen LogP contribution in [0.4, 0.5) is 22.7 Å². The number of hydrogen-bond donors (Lipinski definition) is 2. The average molecular weight is 628 g/mol. The van der Waals surface area contributed by atoms with Gasteiger partial charge in [-0.15, -0.1) is 5.10 Å². The number of nitrogens with zero attached hydrogens (tertiary/aromatic N) is 5. The zero-order valence-electron chi connectivity index (χ0n) is 25.7. The van der Waals surface area contributed by atoms with Crippen LogP contribution in [-0.2, 0) is 23.4 Å². The van der Waals surface area contributed by atoms with E-state index in [4.69, 9.17) is 9.84 Å². The molecule has 4 aromatic carbocycles. The second kappa shape index (κ2) is 12.3. The van der Waals surface area contributed by atoms with Crippen molar-refractivity contribution in [2.24, 2.45) is 5.92 Å².